The molecule has 1 rings (SSSR count). The summed E-state index contributed by atoms with van der Waals surface area (Å²) in [4.78, 5) is 24.8. The van der Waals surface area contributed by atoms with Gasteiger partial charge in [0.15, 0.2) is 0 Å². The van der Waals surface area contributed by atoms with Gasteiger partial charge >= 0.3 is 6.18 Å². The number of rotatable bonds is 6. The van der Waals surface area contributed by atoms with Gasteiger partial charge in [-0.1, -0.05) is 32.0 Å². The lowest BCUT2D eigenvalue weighted by atomic mass is 10.1. The monoisotopic (exact) mass is 381 g/mol. The maximum Gasteiger partial charge on any atom is 0.416 e. The van der Waals surface area contributed by atoms with E-state index in [4.69, 9.17) is 5.73 Å². The lowest BCUT2D eigenvalue weighted by Gasteiger charge is -2.21. The van der Waals surface area contributed by atoms with Crippen molar-refractivity contribution in [3.8, 4) is 0 Å². The third-order valence-electron chi connectivity index (χ3n) is 3.59. The summed E-state index contributed by atoms with van der Waals surface area (Å²) in [5.74, 6) is -1.06. The van der Waals surface area contributed by atoms with Crippen LogP contribution >= 0.6 is 12.4 Å². The van der Waals surface area contributed by atoms with Crippen LogP contribution in [0.25, 0.3) is 0 Å². The molecule has 1 aromatic carbocycles. The quantitative estimate of drug-likeness (QED) is 0.793. The van der Waals surface area contributed by atoms with Crippen LogP contribution in [0.5, 0.6) is 0 Å². The van der Waals surface area contributed by atoms with E-state index in [2.05, 4.69) is 5.32 Å². The number of amides is 2. The first-order valence-electron chi connectivity index (χ1n) is 7.46. The molecule has 0 radical (unpaired) electrons. The van der Waals surface area contributed by atoms with Gasteiger partial charge in [-0.3, -0.25) is 9.59 Å². The molecule has 0 saturated heterocycles. The first-order valence-corrected chi connectivity index (χ1v) is 7.46. The summed E-state index contributed by atoms with van der Waals surface area (Å²) in [5.41, 5.74) is 4.86. The minimum atomic E-state index is -4.49. The second-order valence-electron chi connectivity index (χ2n) is 5.89. The van der Waals surface area contributed by atoms with E-state index in [1.165, 1.54) is 25.2 Å². The van der Waals surface area contributed by atoms with Crippen LogP contribution in [0.1, 0.15) is 25.0 Å². The highest BCUT2D eigenvalue weighted by atomic mass is 35.5. The van der Waals surface area contributed by atoms with E-state index in [9.17, 15) is 22.8 Å². The Morgan fingerprint density at radius 2 is 1.80 bits per heavy atom. The molecule has 0 aliphatic rings. The highest BCUT2D eigenvalue weighted by molar-refractivity contribution is 5.87. The van der Waals surface area contributed by atoms with Crippen molar-refractivity contribution in [2.45, 2.75) is 32.6 Å². The molecule has 0 aliphatic carbocycles. The van der Waals surface area contributed by atoms with Crippen LogP contribution in [0.4, 0.5) is 13.2 Å². The van der Waals surface area contributed by atoms with E-state index in [0.717, 1.165) is 11.0 Å². The number of halogens is 4. The molecule has 0 spiro atoms. The van der Waals surface area contributed by atoms with Gasteiger partial charge in [0.05, 0.1) is 18.2 Å². The fourth-order valence-electron chi connectivity index (χ4n) is 2.00. The van der Waals surface area contributed by atoms with Crippen molar-refractivity contribution in [2.24, 2.45) is 11.7 Å². The topological polar surface area (TPSA) is 75.4 Å². The fourth-order valence-corrected chi connectivity index (χ4v) is 2.00. The molecule has 0 heterocycles. The molecule has 0 aliphatic heterocycles. The predicted molar refractivity (Wildman–Crippen MR) is 91.0 cm³/mol. The molecule has 0 aromatic heterocycles. The molecule has 1 aromatic rings. The van der Waals surface area contributed by atoms with Crippen LogP contribution < -0.4 is 11.1 Å². The van der Waals surface area contributed by atoms with Crippen LogP contribution in [0.2, 0.25) is 0 Å². The fraction of sp³-hybridized carbons (Fsp3) is 0.500. The zero-order valence-corrected chi connectivity index (χ0v) is 15.1. The Bertz CT molecular complexity index is 594. The van der Waals surface area contributed by atoms with Gasteiger partial charge in [0.1, 0.15) is 0 Å². The van der Waals surface area contributed by atoms with Gasteiger partial charge in [-0.2, -0.15) is 13.2 Å². The Hall–Kier alpha value is -1.80. The number of carbonyl (C=O) groups is 2. The van der Waals surface area contributed by atoms with E-state index in [1.54, 1.807) is 13.8 Å². The molecule has 142 valence electrons. The van der Waals surface area contributed by atoms with Crippen molar-refractivity contribution in [1.82, 2.24) is 10.2 Å². The SMILES string of the molecule is CC(C)[C@H](N)C(=O)NCC(=O)N(C)Cc1ccccc1C(F)(F)F.Cl. The number of hydrogen-bond acceptors (Lipinski definition) is 3. The van der Waals surface area contributed by atoms with Crippen LogP contribution in [-0.4, -0.2) is 36.3 Å². The maximum atomic E-state index is 12.9. The molecule has 0 saturated carbocycles. The summed E-state index contributed by atoms with van der Waals surface area (Å²) in [6, 6.07) is 4.32. The van der Waals surface area contributed by atoms with Gasteiger partial charge in [-0.25, -0.2) is 0 Å². The van der Waals surface area contributed by atoms with Crippen LogP contribution in [-0.2, 0) is 22.3 Å². The average Bonchev–Trinajstić information content (AvgIpc) is 2.50. The van der Waals surface area contributed by atoms with E-state index >= 15 is 0 Å². The van der Waals surface area contributed by atoms with Crippen LogP contribution in [0, 0.1) is 5.92 Å². The first-order chi connectivity index (χ1) is 11.0. The largest absolute Gasteiger partial charge is 0.416 e. The minimum Gasteiger partial charge on any atom is -0.346 e. The summed E-state index contributed by atoms with van der Waals surface area (Å²) in [6.45, 7) is 3.02. The van der Waals surface area contributed by atoms with E-state index in [0.29, 0.717) is 0 Å². The zero-order chi connectivity index (χ0) is 18.5. The molecule has 0 fully saturated rings. The second-order valence-corrected chi connectivity index (χ2v) is 5.89. The molecule has 3 N–H and O–H groups in total. The smallest absolute Gasteiger partial charge is 0.346 e. The Balaban J connectivity index is 0.00000576. The van der Waals surface area contributed by atoms with E-state index in [-0.39, 0.29) is 37.0 Å². The number of benzene rings is 1. The van der Waals surface area contributed by atoms with Crippen LogP contribution in [0.15, 0.2) is 24.3 Å². The van der Waals surface area contributed by atoms with Crippen LogP contribution in [0.3, 0.4) is 0 Å². The zero-order valence-electron chi connectivity index (χ0n) is 14.3. The normalized spacial score (nSPS) is 12.3. The van der Waals surface area contributed by atoms with Gasteiger partial charge in [-0.05, 0) is 17.5 Å². The molecular formula is C16H23ClF3N3O2. The lowest BCUT2D eigenvalue weighted by molar-refractivity contribution is -0.139. The van der Waals surface area contributed by atoms with Crippen molar-refractivity contribution in [1.29, 1.82) is 0 Å². The van der Waals surface area contributed by atoms with Crippen molar-refractivity contribution in [2.75, 3.05) is 13.6 Å². The van der Waals surface area contributed by atoms with Crippen molar-refractivity contribution >= 4 is 24.2 Å². The summed E-state index contributed by atoms with van der Waals surface area (Å²) in [6.07, 6.45) is -4.49. The second kappa shape index (κ2) is 9.62. The molecule has 0 unspecified atom stereocenters. The number of nitrogens with two attached hydrogens (primary N) is 1. The van der Waals surface area contributed by atoms with E-state index in [1.807, 2.05) is 0 Å². The van der Waals surface area contributed by atoms with Gasteiger partial charge in [-0.15, -0.1) is 12.4 Å². The average molecular weight is 382 g/mol. The van der Waals surface area contributed by atoms with Crippen molar-refractivity contribution < 1.29 is 22.8 Å². The summed E-state index contributed by atoms with van der Waals surface area (Å²) in [7, 11) is 1.38. The number of carbonyl (C=O) groups excluding carboxylic acids is 2. The summed E-state index contributed by atoms with van der Waals surface area (Å²) >= 11 is 0. The van der Waals surface area contributed by atoms with Gasteiger partial charge < -0.3 is 16.0 Å². The number of hydrogen-bond donors (Lipinski definition) is 2. The number of nitrogens with one attached hydrogen (secondary N) is 1. The maximum absolute atomic E-state index is 12.9. The molecule has 5 nitrogen and oxygen atoms in total. The molecular weight excluding hydrogens is 359 g/mol. The minimum absolute atomic E-state index is 0. The number of likely N-dealkylation sites (N-methyl/N-ethyl adjacent to an activating group) is 1. The van der Waals surface area contributed by atoms with Gasteiger partial charge in [0, 0.05) is 13.6 Å². The summed E-state index contributed by atoms with van der Waals surface area (Å²) in [5, 5.41) is 2.40. The first kappa shape index (κ1) is 23.2. The van der Waals surface area contributed by atoms with Crippen molar-refractivity contribution in [3.05, 3.63) is 35.4 Å². The van der Waals surface area contributed by atoms with E-state index < -0.39 is 29.6 Å². The third kappa shape index (κ3) is 6.91. The lowest BCUT2D eigenvalue weighted by Crippen LogP contribution is -2.47. The Labute approximate surface area is 151 Å². The molecule has 1 atom stereocenters. The van der Waals surface area contributed by atoms with Crippen molar-refractivity contribution in [3.63, 3.8) is 0 Å². The van der Waals surface area contributed by atoms with Gasteiger partial charge in [0.25, 0.3) is 0 Å². The molecule has 0 bridgehead atoms. The number of nitrogens with zero attached hydrogens (tertiary/aromatic N) is 1. The third-order valence-corrected chi connectivity index (χ3v) is 3.59. The molecule has 25 heavy (non-hydrogen) atoms. The highest BCUT2D eigenvalue weighted by Crippen LogP contribution is 2.32. The Morgan fingerprint density at radius 1 is 1.24 bits per heavy atom. The predicted octanol–water partition coefficient (Wildman–Crippen LogP) is 2.19. The standard InChI is InChI=1S/C16H22F3N3O2.ClH/c1-10(2)14(20)15(24)21-8-13(23)22(3)9-11-6-4-5-7-12(11)16(17,18)19;/h4-7,10,14H,8-9,20H2,1-3H3,(H,21,24);1H/t14-;/m0./s1. The molecule has 9 heteroatoms. The Morgan fingerprint density at radius 3 is 2.32 bits per heavy atom. The Kier molecular flexibility index (Phi) is 8.93. The highest BCUT2D eigenvalue weighted by Gasteiger charge is 2.33. The number of alkyl halides is 3. The van der Waals surface area contributed by atoms with Gasteiger partial charge in [0.2, 0.25) is 11.8 Å². The molecule has 2 amide bonds. The summed E-state index contributed by atoms with van der Waals surface area (Å²) < 4.78 is 38.8.